The van der Waals surface area contributed by atoms with Gasteiger partial charge < -0.3 is 0 Å². The molecule has 1 aromatic heterocycles. The number of halogens is 1. The van der Waals surface area contributed by atoms with Crippen LogP contribution < -0.4 is 5.01 Å². The zero-order valence-corrected chi connectivity index (χ0v) is 19.9. The summed E-state index contributed by atoms with van der Waals surface area (Å²) < 4.78 is 15.6. The summed E-state index contributed by atoms with van der Waals surface area (Å²) in [5.41, 5.74) is 8.14. The van der Waals surface area contributed by atoms with Gasteiger partial charge in [-0.1, -0.05) is 78.4 Å². The Morgan fingerprint density at radius 2 is 1.33 bits per heavy atom. The largest absolute Gasteiger partial charge is 0.257 e. The summed E-state index contributed by atoms with van der Waals surface area (Å²) in [4.78, 5) is 0. The van der Waals surface area contributed by atoms with Crippen LogP contribution in [0.25, 0.3) is 16.9 Å². The van der Waals surface area contributed by atoms with Crippen molar-refractivity contribution in [2.75, 3.05) is 5.01 Å². The summed E-state index contributed by atoms with van der Waals surface area (Å²) in [6.07, 6.45) is 2.80. The third kappa shape index (κ3) is 4.20. The minimum absolute atomic E-state index is 0.0683. The molecule has 4 nitrogen and oxygen atoms in total. The molecule has 1 aliphatic heterocycles. The molecule has 36 heavy (non-hydrogen) atoms. The van der Waals surface area contributed by atoms with E-state index in [0.29, 0.717) is 6.42 Å². The van der Waals surface area contributed by atoms with Crippen LogP contribution in [0.2, 0.25) is 0 Å². The average Bonchev–Trinajstić information content (AvgIpc) is 3.56. The smallest absolute Gasteiger partial charge is 0.123 e. The van der Waals surface area contributed by atoms with Crippen LogP contribution in [0.3, 0.4) is 0 Å². The van der Waals surface area contributed by atoms with E-state index >= 15 is 0 Å². The average molecular weight is 473 g/mol. The molecule has 0 amide bonds. The summed E-state index contributed by atoms with van der Waals surface area (Å²) in [7, 11) is 0. The fourth-order valence-corrected chi connectivity index (χ4v) is 4.67. The van der Waals surface area contributed by atoms with Crippen LogP contribution in [0.1, 0.15) is 29.2 Å². The van der Waals surface area contributed by atoms with Gasteiger partial charge in [-0.15, -0.1) is 0 Å². The second-order valence-corrected chi connectivity index (χ2v) is 9.03. The van der Waals surface area contributed by atoms with E-state index in [-0.39, 0.29) is 11.9 Å². The number of hydrogen-bond donors (Lipinski definition) is 0. The van der Waals surface area contributed by atoms with E-state index in [0.717, 1.165) is 39.5 Å². The Labute approximate surface area is 210 Å². The number of benzene rings is 4. The predicted octanol–water partition coefficient (Wildman–Crippen LogP) is 7.34. The Balaban J connectivity index is 1.49. The first kappa shape index (κ1) is 22.0. The SMILES string of the molecule is Cc1ccc(-c2nn(-c3ccccc3)cc2C2CC(c3ccc(F)cc3)=NN2c2ccccc2)cc1. The van der Waals surface area contributed by atoms with Crippen molar-refractivity contribution in [2.24, 2.45) is 5.10 Å². The lowest BCUT2D eigenvalue weighted by Gasteiger charge is -2.23. The van der Waals surface area contributed by atoms with Gasteiger partial charge in [0.25, 0.3) is 0 Å². The van der Waals surface area contributed by atoms with Crippen molar-refractivity contribution in [3.05, 3.63) is 138 Å². The van der Waals surface area contributed by atoms with Crippen molar-refractivity contribution < 1.29 is 4.39 Å². The number of para-hydroxylation sites is 2. The zero-order valence-electron chi connectivity index (χ0n) is 19.9. The lowest BCUT2D eigenvalue weighted by Crippen LogP contribution is -2.18. The van der Waals surface area contributed by atoms with Crippen LogP contribution >= 0.6 is 0 Å². The molecule has 1 unspecified atom stereocenters. The van der Waals surface area contributed by atoms with Crippen molar-refractivity contribution in [3.63, 3.8) is 0 Å². The topological polar surface area (TPSA) is 33.4 Å². The Morgan fingerprint density at radius 3 is 2.00 bits per heavy atom. The van der Waals surface area contributed by atoms with Crippen molar-refractivity contribution in [1.29, 1.82) is 0 Å². The number of aromatic nitrogens is 2. The minimum atomic E-state index is -0.250. The third-order valence-electron chi connectivity index (χ3n) is 6.56. The van der Waals surface area contributed by atoms with Crippen LogP contribution in [0.5, 0.6) is 0 Å². The first-order valence-electron chi connectivity index (χ1n) is 12.1. The normalized spacial score (nSPS) is 15.2. The molecule has 0 N–H and O–H groups in total. The van der Waals surface area contributed by atoms with E-state index in [9.17, 15) is 4.39 Å². The number of anilines is 1. The second kappa shape index (κ2) is 9.27. The highest BCUT2D eigenvalue weighted by molar-refractivity contribution is 6.03. The molecule has 5 aromatic rings. The molecule has 1 atom stereocenters. The van der Waals surface area contributed by atoms with E-state index in [2.05, 4.69) is 66.7 Å². The van der Waals surface area contributed by atoms with Crippen molar-refractivity contribution in [2.45, 2.75) is 19.4 Å². The molecule has 5 heteroatoms. The lowest BCUT2D eigenvalue weighted by molar-refractivity contribution is 0.627. The molecule has 0 spiro atoms. The summed E-state index contributed by atoms with van der Waals surface area (Å²) in [5, 5.41) is 12.2. The Kier molecular flexibility index (Phi) is 5.66. The number of hydrazone groups is 1. The molecular weight excluding hydrogens is 447 g/mol. The van der Waals surface area contributed by atoms with E-state index in [1.807, 2.05) is 41.1 Å². The second-order valence-electron chi connectivity index (χ2n) is 9.03. The standard InChI is InChI=1S/C31H25FN4/c1-22-12-14-24(15-13-22)31-28(21-35(34-31)26-8-4-2-5-9-26)30-20-29(23-16-18-25(32)19-17-23)33-36(30)27-10-6-3-7-11-27/h2-19,21,30H,20H2,1H3. The van der Waals surface area contributed by atoms with E-state index in [1.165, 1.54) is 17.7 Å². The quantitative estimate of drug-likeness (QED) is 0.268. The van der Waals surface area contributed by atoms with Gasteiger partial charge in [-0.05, 0) is 48.9 Å². The van der Waals surface area contributed by atoms with Gasteiger partial charge >= 0.3 is 0 Å². The molecule has 176 valence electrons. The molecule has 0 saturated carbocycles. The summed E-state index contributed by atoms with van der Waals surface area (Å²) in [6, 6.07) is 35.3. The van der Waals surface area contributed by atoms with Gasteiger partial charge in [-0.2, -0.15) is 10.2 Å². The molecule has 0 bridgehead atoms. The van der Waals surface area contributed by atoms with E-state index in [1.54, 1.807) is 12.1 Å². The summed E-state index contributed by atoms with van der Waals surface area (Å²) in [5.74, 6) is -0.250. The lowest BCUT2D eigenvalue weighted by atomic mass is 9.96. The Bertz CT molecular complexity index is 1510. The van der Waals surface area contributed by atoms with Gasteiger partial charge in [0, 0.05) is 23.7 Å². The minimum Gasteiger partial charge on any atom is -0.257 e. The maximum absolute atomic E-state index is 13.6. The molecule has 4 aromatic carbocycles. The number of nitrogens with zero attached hydrogens (tertiary/aromatic N) is 4. The molecule has 0 radical (unpaired) electrons. The predicted molar refractivity (Wildman–Crippen MR) is 143 cm³/mol. The van der Waals surface area contributed by atoms with Crippen LogP contribution in [0.15, 0.2) is 120 Å². The molecule has 6 rings (SSSR count). The van der Waals surface area contributed by atoms with Gasteiger partial charge in [0.05, 0.1) is 28.8 Å². The molecule has 0 saturated heterocycles. The molecule has 0 fully saturated rings. The van der Waals surface area contributed by atoms with Gasteiger partial charge in [0.2, 0.25) is 0 Å². The fraction of sp³-hybridized carbons (Fsp3) is 0.0968. The first-order chi connectivity index (χ1) is 17.7. The van der Waals surface area contributed by atoms with Gasteiger partial charge in [0.15, 0.2) is 0 Å². The van der Waals surface area contributed by atoms with E-state index in [4.69, 9.17) is 10.2 Å². The van der Waals surface area contributed by atoms with Crippen LogP contribution in [-0.2, 0) is 0 Å². The van der Waals surface area contributed by atoms with Gasteiger partial charge in [-0.3, -0.25) is 5.01 Å². The molecular formula is C31H25FN4. The third-order valence-corrected chi connectivity index (χ3v) is 6.56. The van der Waals surface area contributed by atoms with Gasteiger partial charge in [0.1, 0.15) is 5.82 Å². The highest BCUT2D eigenvalue weighted by Gasteiger charge is 2.33. The highest BCUT2D eigenvalue weighted by atomic mass is 19.1. The zero-order chi connectivity index (χ0) is 24.5. The van der Waals surface area contributed by atoms with Crippen molar-refractivity contribution >= 4 is 11.4 Å². The highest BCUT2D eigenvalue weighted by Crippen LogP contribution is 2.40. The van der Waals surface area contributed by atoms with E-state index < -0.39 is 0 Å². The Morgan fingerprint density at radius 1 is 0.722 bits per heavy atom. The molecule has 2 heterocycles. The monoisotopic (exact) mass is 472 g/mol. The van der Waals surface area contributed by atoms with Crippen LogP contribution in [0, 0.1) is 12.7 Å². The maximum atomic E-state index is 13.6. The maximum Gasteiger partial charge on any atom is 0.123 e. The number of rotatable bonds is 5. The van der Waals surface area contributed by atoms with Crippen molar-refractivity contribution in [1.82, 2.24) is 9.78 Å². The van der Waals surface area contributed by atoms with Crippen molar-refractivity contribution in [3.8, 4) is 16.9 Å². The fourth-order valence-electron chi connectivity index (χ4n) is 4.67. The first-order valence-corrected chi connectivity index (χ1v) is 12.1. The van der Waals surface area contributed by atoms with Crippen LogP contribution in [0.4, 0.5) is 10.1 Å². The van der Waals surface area contributed by atoms with Gasteiger partial charge in [-0.25, -0.2) is 9.07 Å². The molecule has 1 aliphatic rings. The summed E-state index contributed by atoms with van der Waals surface area (Å²) in [6.45, 7) is 2.09. The Hall–Kier alpha value is -4.51. The summed E-state index contributed by atoms with van der Waals surface area (Å²) >= 11 is 0. The molecule has 0 aliphatic carbocycles. The number of hydrogen-bond acceptors (Lipinski definition) is 3. The van der Waals surface area contributed by atoms with Crippen LogP contribution in [-0.4, -0.2) is 15.5 Å². The number of aryl methyl sites for hydroxylation is 1.